The maximum absolute atomic E-state index is 13.7. The summed E-state index contributed by atoms with van der Waals surface area (Å²) < 4.78 is 20.1. The molecule has 0 amide bonds. The van der Waals surface area contributed by atoms with E-state index < -0.39 is 10.8 Å². The number of ether oxygens (including phenoxy) is 1. The average molecular weight is 794 g/mol. The third kappa shape index (κ3) is 7.05. The zero-order valence-corrected chi connectivity index (χ0v) is 30.2. The summed E-state index contributed by atoms with van der Waals surface area (Å²) in [6, 6.07) is 27.4. The molecule has 232 valence electrons. The van der Waals surface area contributed by atoms with Crippen LogP contribution in [0.5, 0.6) is 11.5 Å². The van der Waals surface area contributed by atoms with Gasteiger partial charge in [0.25, 0.3) is 0 Å². The molecule has 0 bridgehead atoms. The number of aryl methyl sites for hydroxylation is 2. The molecule has 0 saturated carbocycles. The maximum Gasteiger partial charge on any atom is 2.00 e. The zero-order valence-electron chi connectivity index (χ0n) is 27.1. The normalized spacial score (nSPS) is 14.0. The standard InChI is InChI=1S/C39H38N2O2S.Pt/c1-24-15-27(33-22-29(11-13-40-33)39(6,7)8)20-30(17-24)43-31-18-25(2)16-28(21-31)37-36-32-10-9-26(23-38(3,4)5)19-35(32)44(42)34(36)12-14-41-37;/h9-19,22H,23H2,1-8H3;/q-2;+2. The first-order valence-corrected chi connectivity index (χ1v) is 16.2. The molecule has 0 spiro atoms. The van der Waals surface area contributed by atoms with Crippen molar-refractivity contribution in [1.29, 1.82) is 0 Å². The van der Waals surface area contributed by atoms with Gasteiger partial charge in [0.15, 0.2) is 0 Å². The van der Waals surface area contributed by atoms with Gasteiger partial charge in [-0.2, -0.15) is 0 Å². The van der Waals surface area contributed by atoms with Crippen molar-refractivity contribution in [1.82, 2.24) is 9.97 Å². The molecule has 0 saturated heterocycles. The minimum absolute atomic E-state index is 0. The van der Waals surface area contributed by atoms with Crippen molar-refractivity contribution in [2.45, 2.75) is 77.0 Å². The Labute approximate surface area is 284 Å². The van der Waals surface area contributed by atoms with Crippen molar-refractivity contribution in [2.75, 3.05) is 0 Å². The second kappa shape index (κ2) is 12.4. The molecule has 6 heteroatoms. The van der Waals surface area contributed by atoms with Gasteiger partial charge in [0.1, 0.15) is 0 Å². The number of aromatic nitrogens is 2. The fraction of sp³-hybridized carbons (Fsp3) is 0.282. The monoisotopic (exact) mass is 793 g/mol. The number of pyridine rings is 2. The van der Waals surface area contributed by atoms with Crippen LogP contribution in [-0.4, -0.2) is 14.2 Å². The number of hydrogen-bond acceptors (Lipinski definition) is 4. The number of fused-ring (bicyclic) bond motifs is 3. The van der Waals surface area contributed by atoms with E-state index in [0.717, 1.165) is 61.0 Å². The Hall–Kier alpha value is -3.40. The molecule has 0 aliphatic carbocycles. The van der Waals surface area contributed by atoms with E-state index in [1.165, 1.54) is 11.1 Å². The molecule has 1 unspecified atom stereocenters. The zero-order chi connectivity index (χ0) is 31.4. The Balaban J connectivity index is 0.00000400. The molecule has 6 rings (SSSR count). The van der Waals surface area contributed by atoms with Crippen LogP contribution in [0.2, 0.25) is 0 Å². The summed E-state index contributed by atoms with van der Waals surface area (Å²) in [7, 11) is -1.26. The Morgan fingerprint density at radius 1 is 0.756 bits per heavy atom. The molecule has 1 atom stereocenters. The molecule has 0 fully saturated rings. The second-order valence-electron chi connectivity index (χ2n) is 14.0. The fourth-order valence-corrected chi connectivity index (χ4v) is 7.17. The van der Waals surface area contributed by atoms with Crippen LogP contribution < -0.4 is 4.74 Å². The quantitative estimate of drug-likeness (QED) is 0.163. The first-order valence-electron chi connectivity index (χ1n) is 15.0. The Kier molecular flexibility index (Phi) is 9.10. The fourth-order valence-electron chi connectivity index (χ4n) is 5.73. The summed E-state index contributed by atoms with van der Waals surface area (Å²) in [5.41, 5.74) is 9.81. The first kappa shape index (κ1) is 33.0. The van der Waals surface area contributed by atoms with Crippen molar-refractivity contribution in [2.24, 2.45) is 5.41 Å². The summed E-state index contributed by atoms with van der Waals surface area (Å²) in [6.45, 7) is 17.3. The van der Waals surface area contributed by atoms with E-state index in [1.54, 1.807) is 6.20 Å². The van der Waals surface area contributed by atoms with E-state index in [1.807, 2.05) is 38.2 Å². The SMILES string of the molecule is Cc1cc(Oc2[c-]c(-c3nccc4c3-c3ccc(CC(C)(C)C)cc3S4=O)cc(C)c2)[c-]c(-c2cc(C(C)(C)C)ccn2)c1.[Pt+2]. The van der Waals surface area contributed by atoms with Gasteiger partial charge in [-0.1, -0.05) is 97.9 Å². The molecule has 3 aromatic carbocycles. The van der Waals surface area contributed by atoms with Gasteiger partial charge in [0.05, 0.1) is 15.7 Å². The minimum atomic E-state index is -1.26. The van der Waals surface area contributed by atoms with Gasteiger partial charge in [-0.25, -0.2) is 4.21 Å². The molecular weight excluding hydrogens is 756 g/mol. The number of benzene rings is 3. The van der Waals surface area contributed by atoms with Crippen LogP contribution in [0.25, 0.3) is 33.6 Å². The topological polar surface area (TPSA) is 52.1 Å². The summed E-state index contributed by atoms with van der Waals surface area (Å²) in [5.74, 6) is 1.17. The van der Waals surface area contributed by atoms with Gasteiger partial charge < -0.3 is 14.7 Å². The molecule has 4 nitrogen and oxygen atoms in total. The predicted molar refractivity (Wildman–Crippen MR) is 179 cm³/mol. The second-order valence-corrected chi connectivity index (χ2v) is 15.4. The van der Waals surface area contributed by atoms with E-state index in [-0.39, 0.29) is 31.9 Å². The van der Waals surface area contributed by atoms with Crippen LogP contribution in [0.1, 0.15) is 63.8 Å². The molecule has 1 aliphatic rings. The van der Waals surface area contributed by atoms with Gasteiger partial charge in [0, 0.05) is 28.8 Å². The molecule has 3 heterocycles. The average Bonchev–Trinajstić information content (AvgIpc) is 3.22. The first-order chi connectivity index (χ1) is 20.7. The van der Waals surface area contributed by atoms with E-state index in [9.17, 15) is 4.21 Å². The van der Waals surface area contributed by atoms with E-state index in [4.69, 9.17) is 9.72 Å². The summed E-state index contributed by atoms with van der Waals surface area (Å²) >= 11 is 0. The Morgan fingerprint density at radius 2 is 1.40 bits per heavy atom. The van der Waals surface area contributed by atoms with Crippen LogP contribution in [0, 0.1) is 31.4 Å². The van der Waals surface area contributed by atoms with Gasteiger partial charge in [-0.15, -0.1) is 34.4 Å². The third-order valence-electron chi connectivity index (χ3n) is 7.72. The molecule has 5 aromatic rings. The van der Waals surface area contributed by atoms with Crippen molar-refractivity contribution in [3.63, 3.8) is 0 Å². The van der Waals surface area contributed by atoms with Crippen molar-refractivity contribution in [3.05, 3.63) is 107 Å². The maximum atomic E-state index is 13.7. The molecule has 2 aromatic heterocycles. The Morgan fingerprint density at radius 3 is 2.07 bits per heavy atom. The van der Waals surface area contributed by atoms with E-state index >= 15 is 0 Å². The number of rotatable bonds is 5. The minimum Gasteiger partial charge on any atom is -0.497 e. The molecule has 45 heavy (non-hydrogen) atoms. The molecule has 0 N–H and O–H groups in total. The predicted octanol–water partition coefficient (Wildman–Crippen LogP) is 9.85. The van der Waals surface area contributed by atoms with Gasteiger partial charge in [-0.3, -0.25) is 0 Å². The third-order valence-corrected chi connectivity index (χ3v) is 9.19. The van der Waals surface area contributed by atoms with Crippen molar-refractivity contribution < 1.29 is 30.0 Å². The summed E-state index contributed by atoms with van der Waals surface area (Å²) in [6.07, 6.45) is 4.51. The van der Waals surface area contributed by atoms with Crippen LogP contribution in [0.4, 0.5) is 0 Å². The van der Waals surface area contributed by atoms with Crippen LogP contribution >= 0.6 is 0 Å². The van der Waals surface area contributed by atoms with Gasteiger partial charge in [-0.05, 0) is 69.1 Å². The van der Waals surface area contributed by atoms with Crippen LogP contribution in [0.15, 0.2) is 82.8 Å². The van der Waals surface area contributed by atoms with Gasteiger partial charge in [0.2, 0.25) is 0 Å². The van der Waals surface area contributed by atoms with Crippen molar-refractivity contribution >= 4 is 10.8 Å². The van der Waals surface area contributed by atoms with Gasteiger partial charge >= 0.3 is 21.1 Å². The smallest absolute Gasteiger partial charge is 0.497 e. The van der Waals surface area contributed by atoms with E-state index in [0.29, 0.717) is 11.5 Å². The molecular formula is C39H38N2O2PtS. The van der Waals surface area contributed by atoms with Crippen molar-refractivity contribution in [3.8, 4) is 45.1 Å². The molecule has 1 aliphatic heterocycles. The van der Waals surface area contributed by atoms with Crippen LogP contribution in [-0.2, 0) is 43.7 Å². The largest absolute Gasteiger partial charge is 2.00 e. The van der Waals surface area contributed by atoms with E-state index in [2.05, 4.69) is 101 Å². The molecule has 0 radical (unpaired) electrons. The summed E-state index contributed by atoms with van der Waals surface area (Å²) in [5, 5.41) is 0. The Bertz CT molecular complexity index is 1940. The number of nitrogens with zero attached hydrogens (tertiary/aromatic N) is 2. The van der Waals surface area contributed by atoms with Crippen LogP contribution in [0.3, 0.4) is 0 Å². The number of hydrogen-bond donors (Lipinski definition) is 0. The summed E-state index contributed by atoms with van der Waals surface area (Å²) in [4.78, 5) is 11.1.